The summed E-state index contributed by atoms with van der Waals surface area (Å²) in [6, 6.07) is 4.13. The number of alkyl halides is 8. The molecule has 0 spiro atoms. The SMILES string of the molecule is CC(C)(C#Cc1ccc(-c2ccc(Cl)c3c(N(C(=O)OCC(=O)OCOP(=O)(O)O)S(C)(=O)=O)nn(CC(F)(F)F)c23)c([C@H](Cc2cc(F)cc(F)c2)NC(=O)Cn2nc(C(F)(F)F)c3c2C(F)(F)[C@@H]2C[C@H]32)n1)S(C)(=O)=O. The predicted octanol–water partition coefficient (Wildman–Crippen LogP) is 6.80. The number of carbonyl (C=O) groups excluding carboxylic acids is 3. The van der Waals surface area contributed by atoms with Crippen molar-refractivity contribution in [2.45, 2.75) is 74.8 Å². The van der Waals surface area contributed by atoms with E-state index in [2.05, 4.69) is 41.6 Å². The molecule has 0 aliphatic heterocycles. The second kappa shape index (κ2) is 20.5. The van der Waals surface area contributed by atoms with Gasteiger partial charge in [-0.15, -0.1) is 0 Å². The van der Waals surface area contributed by atoms with Crippen LogP contribution in [-0.4, -0.2) is 106 Å². The largest absolute Gasteiger partial charge is 0.472 e. The molecule has 1 saturated carbocycles. The van der Waals surface area contributed by atoms with Gasteiger partial charge >= 0.3 is 32.2 Å². The number of benzene rings is 2. The Morgan fingerprint density at radius 1 is 0.961 bits per heavy atom. The highest BCUT2D eigenvalue weighted by molar-refractivity contribution is 7.93. The Labute approximate surface area is 432 Å². The average Bonchev–Trinajstić information content (AvgIpc) is 3.82. The van der Waals surface area contributed by atoms with E-state index < -0.39 is 187 Å². The lowest BCUT2D eigenvalue weighted by Crippen LogP contribution is -2.38. The summed E-state index contributed by atoms with van der Waals surface area (Å²) in [7, 11) is -14.3. The lowest BCUT2D eigenvalue weighted by molar-refractivity contribution is -0.154. The van der Waals surface area contributed by atoms with Gasteiger partial charge < -0.3 is 24.6 Å². The van der Waals surface area contributed by atoms with E-state index in [-0.39, 0.29) is 31.3 Å². The number of amides is 2. The molecule has 3 heterocycles. The molecule has 20 nitrogen and oxygen atoms in total. The third kappa shape index (κ3) is 12.8. The van der Waals surface area contributed by atoms with Crippen LogP contribution in [0.25, 0.3) is 22.0 Å². The summed E-state index contributed by atoms with van der Waals surface area (Å²) < 4.78 is 221. The van der Waals surface area contributed by atoms with Crippen molar-refractivity contribution >= 4 is 74.0 Å². The maximum absolute atomic E-state index is 15.6. The molecule has 2 aromatic carbocycles. The number of fused-ring (bicyclic) bond motifs is 4. The van der Waals surface area contributed by atoms with Gasteiger partial charge in [-0.25, -0.2) is 49.3 Å². The number of aromatic nitrogens is 5. The van der Waals surface area contributed by atoms with Gasteiger partial charge in [0.2, 0.25) is 22.7 Å². The molecule has 34 heteroatoms. The van der Waals surface area contributed by atoms with Crippen LogP contribution in [0.1, 0.15) is 66.1 Å². The molecule has 0 radical (unpaired) electrons. The Bertz CT molecular complexity index is 3580. The van der Waals surface area contributed by atoms with Gasteiger partial charge in [-0.2, -0.15) is 49.6 Å². The van der Waals surface area contributed by atoms with Gasteiger partial charge in [0.15, 0.2) is 28.0 Å². The zero-order chi connectivity index (χ0) is 57.3. The first-order chi connectivity index (χ1) is 35.3. The molecule has 2 aliphatic rings. The first kappa shape index (κ1) is 58.3. The van der Waals surface area contributed by atoms with Gasteiger partial charge in [-0.1, -0.05) is 23.6 Å². The smallest absolute Gasteiger partial charge is 0.436 e. The van der Waals surface area contributed by atoms with Crippen LogP contribution in [0.4, 0.5) is 54.5 Å². The van der Waals surface area contributed by atoms with Crippen LogP contribution in [0.3, 0.4) is 0 Å². The number of ether oxygens (including phenoxy) is 2. The van der Waals surface area contributed by atoms with Crippen LogP contribution in [0.15, 0.2) is 42.5 Å². The van der Waals surface area contributed by atoms with Gasteiger partial charge in [0.1, 0.15) is 40.9 Å². The Hall–Kier alpha value is -6.36. The van der Waals surface area contributed by atoms with Crippen molar-refractivity contribution in [2.24, 2.45) is 5.92 Å². The highest BCUT2D eigenvalue weighted by Crippen LogP contribution is 2.68. The Kier molecular flexibility index (Phi) is 15.5. The van der Waals surface area contributed by atoms with Crippen molar-refractivity contribution in [1.29, 1.82) is 0 Å². The van der Waals surface area contributed by atoms with Crippen LogP contribution in [0.5, 0.6) is 0 Å². The molecule has 3 atom stereocenters. The molecule has 3 aromatic heterocycles. The zero-order valence-electron chi connectivity index (χ0n) is 39.5. The summed E-state index contributed by atoms with van der Waals surface area (Å²) in [5, 5.41) is 8.04. The highest BCUT2D eigenvalue weighted by Gasteiger charge is 2.68. The molecule has 0 unspecified atom stereocenters. The number of nitrogens with one attached hydrogen (secondary N) is 1. The molecule has 2 amide bonds. The van der Waals surface area contributed by atoms with Crippen molar-refractivity contribution in [1.82, 2.24) is 29.9 Å². The highest BCUT2D eigenvalue weighted by atomic mass is 35.5. The van der Waals surface area contributed by atoms with Crippen LogP contribution in [0.2, 0.25) is 5.02 Å². The second-order valence-corrected chi connectivity index (χ2v) is 23.9. The lowest BCUT2D eigenvalue weighted by atomic mass is 9.93. The van der Waals surface area contributed by atoms with Crippen LogP contribution in [0, 0.1) is 29.4 Å². The van der Waals surface area contributed by atoms with E-state index in [0.717, 1.165) is 42.7 Å². The molecule has 2 aliphatic carbocycles. The van der Waals surface area contributed by atoms with Crippen molar-refractivity contribution in [3.8, 4) is 23.0 Å². The fourth-order valence-corrected chi connectivity index (χ4v) is 9.59. The number of carbonyl (C=O) groups is 3. The number of esters is 1. The Morgan fingerprint density at radius 2 is 1.60 bits per heavy atom. The number of phosphoric ester groups is 1. The van der Waals surface area contributed by atoms with Crippen molar-refractivity contribution < 1.29 is 103 Å². The number of hydrogen-bond donors (Lipinski definition) is 3. The molecule has 0 saturated heterocycles. The zero-order valence-corrected chi connectivity index (χ0v) is 42.8. The first-order valence-corrected chi connectivity index (χ1v) is 27.3. The number of sulfonamides is 1. The maximum atomic E-state index is 15.6. The van der Waals surface area contributed by atoms with Crippen LogP contribution in [-0.2, 0) is 79.6 Å². The number of rotatable bonds is 16. The summed E-state index contributed by atoms with van der Waals surface area (Å²) in [6.45, 7) is -4.01. The van der Waals surface area contributed by atoms with E-state index in [1.54, 1.807) is 0 Å². The second-order valence-electron chi connectivity index (χ2n) is 17.9. The number of sulfone groups is 1. The minimum Gasteiger partial charge on any atom is -0.436 e. The van der Waals surface area contributed by atoms with Crippen molar-refractivity contribution in [2.75, 3.05) is 30.2 Å². The van der Waals surface area contributed by atoms with E-state index in [1.807, 2.05) is 0 Å². The Balaban J connectivity index is 1.44. The van der Waals surface area contributed by atoms with E-state index in [0.29, 0.717) is 12.3 Å². The van der Waals surface area contributed by atoms with E-state index in [1.165, 1.54) is 13.8 Å². The lowest BCUT2D eigenvalue weighted by Gasteiger charge is -2.23. The summed E-state index contributed by atoms with van der Waals surface area (Å²) in [5.74, 6) is -8.28. The summed E-state index contributed by atoms with van der Waals surface area (Å²) in [4.78, 5) is 61.9. The van der Waals surface area contributed by atoms with Crippen LogP contribution >= 0.6 is 19.4 Å². The number of hydrogen-bond acceptors (Lipinski definition) is 14. The van der Waals surface area contributed by atoms with Crippen molar-refractivity contribution in [3.05, 3.63) is 93.0 Å². The normalized spacial score (nSPS) is 16.7. The molecule has 1 fully saturated rings. The molecule has 3 N–H and O–H groups in total. The fraction of sp³-hybridized carbons (Fsp3) is 0.395. The van der Waals surface area contributed by atoms with E-state index in [4.69, 9.17) is 26.1 Å². The number of nitrogens with zero attached hydrogens (tertiary/aromatic N) is 6. The topological polar surface area (TPSA) is 269 Å². The number of halogens is 11. The van der Waals surface area contributed by atoms with Crippen LogP contribution < -0.4 is 9.62 Å². The quantitative estimate of drug-likeness (QED) is 0.0301. The van der Waals surface area contributed by atoms with Gasteiger partial charge in [0.25, 0.3) is 5.92 Å². The third-order valence-corrected chi connectivity index (χ3v) is 15.4. The third-order valence-electron chi connectivity index (χ3n) is 11.8. The molecule has 77 heavy (non-hydrogen) atoms. The van der Waals surface area contributed by atoms with E-state index >= 15 is 8.78 Å². The first-order valence-electron chi connectivity index (χ1n) is 21.6. The monoisotopic (exact) mass is 1180 g/mol. The summed E-state index contributed by atoms with van der Waals surface area (Å²) in [5.41, 5.74) is -6.67. The predicted molar refractivity (Wildman–Crippen MR) is 246 cm³/mol. The minimum absolute atomic E-state index is 0.105. The van der Waals surface area contributed by atoms with Gasteiger partial charge in [0.05, 0.1) is 33.9 Å². The summed E-state index contributed by atoms with van der Waals surface area (Å²) in [6.07, 6.45) is -12.5. The molecule has 5 aromatic rings. The molecule has 416 valence electrons. The average molecular weight is 1180 g/mol. The van der Waals surface area contributed by atoms with Gasteiger partial charge in [0, 0.05) is 34.9 Å². The molecule has 7 rings (SSSR count). The number of anilines is 1. The van der Waals surface area contributed by atoms with Crippen molar-refractivity contribution in [3.63, 3.8) is 0 Å². The minimum atomic E-state index is -5.27. The molecular formula is C43H37ClF10N7O13PS2. The fourth-order valence-electron chi connectivity index (χ4n) is 8.16. The van der Waals surface area contributed by atoms with Gasteiger partial charge in [-0.05, 0) is 74.4 Å². The number of phosphoric acid groups is 1. The standard InChI is InChI=1S/C43H37ClF10N7O13PS2/c1-40(2,76(3,68)69)10-9-23-5-6-24(25-7-8-28(44)33-35(25)60(18-41(47,48)49)58-38(33)61(77(4,70)71)39(64)72-17-31(63)73-19-74-75(65,66)67)34(55-23)29(13-20-11-21(45)14-22(46)12-20)56-30(62)16-59-37-32(36(57-59)43(52,53)54)26-15-27(26)42(37,50)51/h5-8,11-12,14,26-27,29H,13,15-19H2,1-4H3,(H,56,62)(H2,65,66,67)/t26-,27+,29-/m0/s1. The maximum Gasteiger partial charge on any atom is 0.472 e. The molecule has 0 bridgehead atoms. The summed E-state index contributed by atoms with van der Waals surface area (Å²) >= 11 is 6.56. The number of pyridine rings is 1. The Morgan fingerprint density at radius 3 is 2.18 bits per heavy atom. The van der Waals surface area contributed by atoms with Gasteiger partial charge in [-0.3, -0.25) is 14.2 Å². The molecular weight excluding hydrogens is 1140 g/mol. The van der Waals surface area contributed by atoms with E-state index in [9.17, 15) is 70.9 Å².